The largest absolute Gasteiger partial charge is 0.325 e. The second-order valence-corrected chi connectivity index (χ2v) is 9.89. The third kappa shape index (κ3) is 6.67. The van der Waals surface area contributed by atoms with E-state index in [4.69, 9.17) is 23.2 Å². The molecule has 0 heterocycles. The molecule has 1 atom stereocenters. The number of hydrogen-bond acceptors (Lipinski definition) is 3. The minimum atomic E-state index is -0.453. The number of carbonyl (C=O) groups is 2. The van der Waals surface area contributed by atoms with Crippen LogP contribution in [0, 0.1) is 6.92 Å². The van der Waals surface area contributed by atoms with Gasteiger partial charge in [-0.05, 0) is 67.1 Å². The summed E-state index contributed by atoms with van der Waals surface area (Å²) in [6, 6.07) is 29.4. The Hall–Kier alpha value is -3.25. The summed E-state index contributed by atoms with van der Waals surface area (Å²) in [4.78, 5) is 26.7. The number of halogens is 2. The molecule has 176 valence electrons. The van der Waals surface area contributed by atoms with Gasteiger partial charge in [0, 0.05) is 21.3 Å². The minimum absolute atomic E-state index is 0.111. The number of carbonyl (C=O) groups excluding carboxylic acids is 2. The van der Waals surface area contributed by atoms with Crippen molar-refractivity contribution in [3.63, 3.8) is 0 Å². The van der Waals surface area contributed by atoms with Crippen molar-refractivity contribution in [2.75, 3.05) is 10.6 Å². The third-order valence-electron chi connectivity index (χ3n) is 5.20. The number of rotatable bonds is 7. The molecule has 2 N–H and O–H groups in total. The quantitative estimate of drug-likeness (QED) is 0.242. The normalized spacial score (nSPS) is 11.5. The molecule has 2 amide bonds. The van der Waals surface area contributed by atoms with Gasteiger partial charge in [0.2, 0.25) is 5.91 Å². The molecular weight excluding hydrogens is 499 g/mol. The molecule has 0 aliphatic heterocycles. The SMILES string of the molecule is Cc1ccc(NC(=O)C(Sc2ccc(NC(=O)c3ccc(Cl)cc3Cl)cc2)c2ccccc2)cc1. The van der Waals surface area contributed by atoms with Gasteiger partial charge in [0.25, 0.3) is 5.91 Å². The number of aryl methyl sites for hydroxylation is 1. The summed E-state index contributed by atoms with van der Waals surface area (Å²) in [5.41, 5.74) is 3.73. The second-order valence-electron chi connectivity index (χ2n) is 7.87. The first-order valence-electron chi connectivity index (χ1n) is 10.8. The highest BCUT2D eigenvalue weighted by atomic mass is 35.5. The Morgan fingerprint density at radius 1 is 0.771 bits per heavy atom. The summed E-state index contributed by atoms with van der Waals surface area (Å²) in [5.74, 6) is -0.438. The molecule has 0 aliphatic rings. The summed E-state index contributed by atoms with van der Waals surface area (Å²) in [7, 11) is 0. The molecule has 35 heavy (non-hydrogen) atoms. The van der Waals surface area contributed by atoms with Crippen LogP contribution in [-0.4, -0.2) is 11.8 Å². The average Bonchev–Trinajstić information content (AvgIpc) is 2.85. The fourth-order valence-electron chi connectivity index (χ4n) is 3.37. The Morgan fingerprint density at radius 3 is 2.06 bits per heavy atom. The Bertz CT molecular complexity index is 1330. The minimum Gasteiger partial charge on any atom is -0.325 e. The van der Waals surface area contributed by atoms with Gasteiger partial charge < -0.3 is 10.6 Å². The van der Waals surface area contributed by atoms with Crippen molar-refractivity contribution in [3.05, 3.63) is 124 Å². The van der Waals surface area contributed by atoms with Crippen molar-refractivity contribution in [1.29, 1.82) is 0 Å². The highest BCUT2D eigenvalue weighted by Crippen LogP contribution is 2.37. The zero-order valence-corrected chi connectivity index (χ0v) is 21.1. The predicted molar refractivity (Wildman–Crippen MR) is 146 cm³/mol. The standard InChI is InChI=1S/C28H22Cl2N2O2S/c1-18-7-10-21(11-8-18)32-28(34)26(19-5-3-2-4-6-19)35-23-14-12-22(13-15-23)31-27(33)24-16-9-20(29)17-25(24)30/h2-17,26H,1H3,(H,31,33)(H,32,34). The van der Waals surface area contributed by atoms with E-state index in [0.29, 0.717) is 16.3 Å². The van der Waals surface area contributed by atoms with Gasteiger partial charge in [-0.1, -0.05) is 71.2 Å². The molecular formula is C28H22Cl2N2O2S. The monoisotopic (exact) mass is 520 g/mol. The fraction of sp³-hybridized carbons (Fsp3) is 0.0714. The number of thioether (sulfide) groups is 1. The number of amides is 2. The Labute approximate surface area is 218 Å². The van der Waals surface area contributed by atoms with Crippen LogP contribution in [0.15, 0.2) is 102 Å². The molecule has 0 spiro atoms. The van der Waals surface area contributed by atoms with Crippen LogP contribution in [0.25, 0.3) is 0 Å². The highest BCUT2D eigenvalue weighted by molar-refractivity contribution is 8.00. The van der Waals surface area contributed by atoms with Gasteiger partial charge in [0.05, 0.1) is 10.6 Å². The van der Waals surface area contributed by atoms with E-state index >= 15 is 0 Å². The molecule has 4 nitrogen and oxygen atoms in total. The maximum absolute atomic E-state index is 13.2. The summed E-state index contributed by atoms with van der Waals surface area (Å²) < 4.78 is 0. The number of benzene rings is 4. The van der Waals surface area contributed by atoms with Crippen LogP contribution in [0.1, 0.15) is 26.7 Å². The molecule has 4 aromatic carbocycles. The fourth-order valence-corrected chi connectivity index (χ4v) is 4.89. The molecule has 4 rings (SSSR count). The van der Waals surface area contributed by atoms with Crippen molar-refractivity contribution < 1.29 is 9.59 Å². The average molecular weight is 521 g/mol. The van der Waals surface area contributed by atoms with E-state index in [1.807, 2.05) is 73.7 Å². The van der Waals surface area contributed by atoms with E-state index in [0.717, 1.165) is 21.7 Å². The highest BCUT2D eigenvalue weighted by Gasteiger charge is 2.22. The smallest absolute Gasteiger partial charge is 0.257 e. The van der Waals surface area contributed by atoms with Crippen molar-refractivity contribution in [1.82, 2.24) is 0 Å². The van der Waals surface area contributed by atoms with Crippen LogP contribution in [0.5, 0.6) is 0 Å². The van der Waals surface area contributed by atoms with Gasteiger partial charge in [-0.3, -0.25) is 9.59 Å². The van der Waals surface area contributed by atoms with Crippen LogP contribution in [-0.2, 0) is 4.79 Å². The van der Waals surface area contributed by atoms with Gasteiger partial charge in [0.1, 0.15) is 5.25 Å². The van der Waals surface area contributed by atoms with E-state index < -0.39 is 5.25 Å². The summed E-state index contributed by atoms with van der Waals surface area (Å²) in [6.45, 7) is 2.00. The van der Waals surface area contributed by atoms with Gasteiger partial charge in [-0.2, -0.15) is 0 Å². The molecule has 0 saturated heterocycles. The molecule has 7 heteroatoms. The molecule has 0 fully saturated rings. The Morgan fingerprint density at radius 2 is 1.40 bits per heavy atom. The lowest BCUT2D eigenvalue weighted by molar-refractivity contribution is -0.115. The molecule has 0 aromatic heterocycles. The topological polar surface area (TPSA) is 58.2 Å². The van der Waals surface area contributed by atoms with Crippen LogP contribution in [0.4, 0.5) is 11.4 Å². The molecule has 0 aliphatic carbocycles. The van der Waals surface area contributed by atoms with E-state index in [1.165, 1.54) is 17.8 Å². The van der Waals surface area contributed by atoms with Crippen LogP contribution >= 0.6 is 35.0 Å². The first kappa shape index (κ1) is 24.9. The summed E-state index contributed by atoms with van der Waals surface area (Å²) in [6.07, 6.45) is 0. The third-order valence-corrected chi connectivity index (χ3v) is 7.02. The molecule has 0 bridgehead atoms. The molecule has 1 unspecified atom stereocenters. The molecule has 4 aromatic rings. The first-order chi connectivity index (χ1) is 16.9. The Kier molecular flexibility index (Phi) is 8.13. The van der Waals surface area contributed by atoms with Gasteiger partial charge in [-0.25, -0.2) is 0 Å². The van der Waals surface area contributed by atoms with Gasteiger partial charge in [0.15, 0.2) is 0 Å². The molecule has 0 radical (unpaired) electrons. The first-order valence-corrected chi connectivity index (χ1v) is 12.5. The van der Waals surface area contributed by atoms with Crippen molar-refractivity contribution in [2.45, 2.75) is 17.1 Å². The Balaban J connectivity index is 1.48. The van der Waals surface area contributed by atoms with E-state index in [9.17, 15) is 9.59 Å². The van der Waals surface area contributed by atoms with Crippen molar-refractivity contribution in [3.8, 4) is 0 Å². The lowest BCUT2D eigenvalue weighted by Crippen LogP contribution is -2.19. The van der Waals surface area contributed by atoms with E-state index in [1.54, 1.807) is 24.3 Å². The number of hydrogen-bond donors (Lipinski definition) is 2. The van der Waals surface area contributed by atoms with Crippen LogP contribution in [0.2, 0.25) is 10.0 Å². The van der Waals surface area contributed by atoms with Crippen molar-refractivity contribution >= 4 is 58.2 Å². The second kappa shape index (κ2) is 11.5. The zero-order chi connectivity index (χ0) is 24.8. The number of nitrogens with one attached hydrogen (secondary N) is 2. The van der Waals surface area contributed by atoms with Gasteiger partial charge >= 0.3 is 0 Å². The van der Waals surface area contributed by atoms with Crippen LogP contribution in [0.3, 0.4) is 0 Å². The maximum atomic E-state index is 13.2. The van der Waals surface area contributed by atoms with Crippen LogP contribution < -0.4 is 10.6 Å². The maximum Gasteiger partial charge on any atom is 0.257 e. The summed E-state index contributed by atoms with van der Waals surface area (Å²) in [5, 5.41) is 6.15. The van der Waals surface area contributed by atoms with Crippen molar-refractivity contribution in [2.24, 2.45) is 0 Å². The predicted octanol–water partition coefficient (Wildman–Crippen LogP) is 8.03. The summed E-state index contributed by atoms with van der Waals surface area (Å²) >= 11 is 13.5. The lowest BCUT2D eigenvalue weighted by Gasteiger charge is -2.17. The van der Waals surface area contributed by atoms with E-state index in [2.05, 4.69) is 10.6 Å². The lowest BCUT2D eigenvalue weighted by atomic mass is 10.1. The zero-order valence-electron chi connectivity index (χ0n) is 18.8. The van der Waals surface area contributed by atoms with Gasteiger partial charge in [-0.15, -0.1) is 11.8 Å². The van der Waals surface area contributed by atoms with E-state index in [-0.39, 0.29) is 16.8 Å². The number of anilines is 2. The molecule has 0 saturated carbocycles.